The summed E-state index contributed by atoms with van der Waals surface area (Å²) in [7, 11) is 0. The van der Waals surface area contributed by atoms with Crippen molar-refractivity contribution < 1.29 is 4.79 Å². The van der Waals surface area contributed by atoms with E-state index < -0.39 is 0 Å². The fourth-order valence-corrected chi connectivity index (χ4v) is 2.70. The fraction of sp³-hybridized carbons (Fsp3) is 0.562. The van der Waals surface area contributed by atoms with Gasteiger partial charge in [0.2, 0.25) is 5.91 Å². The molecule has 1 aromatic rings. The Kier molecular flexibility index (Phi) is 5.15. The summed E-state index contributed by atoms with van der Waals surface area (Å²) in [5, 5.41) is 2.95. The van der Waals surface area contributed by atoms with E-state index in [0.717, 1.165) is 25.2 Å². The van der Waals surface area contributed by atoms with Gasteiger partial charge in [-0.3, -0.25) is 9.69 Å². The molecule has 1 aromatic carbocycles. The molecule has 1 aliphatic heterocycles. The van der Waals surface area contributed by atoms with Crippen LogP contribution in [0.2, 0.25) is 0 Å². The van der Waals surface area contributed by atoms with Crippen LogP contribution in [0.3, 0.4) is 0 Å². The van der Waals surface area contributed by atoms with Crippen molar-refractivity contribution in [2.45, 2.75) is 32.7 Å². The molecule has 1 fully saturated rings. The molecule has 0 aliphatic carbocycles. The topological polar surface area (TPSA) is 58.4 Å². The molecule has 4 heteroatoms. The molecule has 2 atom stereocenters. The van der Waals surface area contributed by atoms with Gasteiger partial charge in [0.1, 0.15) is 0 Å². The molecule has 3 N–H and O–H groups in total. The zero-order chi connectivity index (χ0) is 14.5. The maximum absolute atomic E-state index is 12.1. The molecular weight excluding hydrogens is 250 g/mol. The van der Waals surface area contributed by atoms with Crippen LogP contribution in [-0.2, 0) is 4.79 Å². The summed E-state index contributed by atoms with van der Waals surface area (Å²) in [6.07, 6.45) is 2.30. The van der Waals surface area contributed by atoms with E-state index in [0.29, 0.717) is 12.5 Å². The normalized spacial score (nSPS) is 21.4. The van der Waals surface area contributed by atoms with Gasteiger partial charge >= 0.3 is 0 Å². The molecule has 0 aromatic heterocycles. The number of nitrogens with one attached hydrogen (secondary N) is 1. The number of piperidine rings is 1. The first-order chi connectivity index (χ1) is 9.54. The van der Waals surface area contributed by atoms with E-state index in [4.69, 9.17) is 5.73 Å². The highest BCUT2D eigenvalue weighted by atomic mass is 16.2. The summed E-state index contributed by atoms with van der Waals surface area (Å²) in [5.74, 6) is 0.565. The average molecular weight is 275 g/mol. The molecular formula is C16H25N3O. The lowest BCUT2D eigenvalue weighted by molar-refractivity contribution is -0.117. The highest BCUT2D eigenvalue weighted by Gasteiger charge is 2.23. The maximum atomic E-state index is 12.1. The van der Waals surface area contributed by atoms with Crippen molar-refractivity contribution in [3.8, 4) is 0 Å². The van der Waals surface area contributed by atoms with E-state index >= 15 is 0 Å². The van der Waals surface area contributed by atoms with Crippen LogP contribution >= 0.6 is 0 Å². The number of carbonyl (C=O) groups excluding carboxylic acids is 1. The van der Waals surface area contributed by atoms with Crippen molar-refractivity contribution in [2.24, 2.45) is 11.7 Å². The van der Waals surface area contributed by atoms with Crippen molar-refractivity contribution in [1.82, 2.24) is 4.90 Å². The third kappa shape index (κ3) is 4.32. The first-order valence-corrected chi connectivity index (χ1v) is 7.39. The van der Waals surface area contributed by atoms with Crippen LogP contribution in [0, 0.1) is 12.8 Å². The lowest BCUT2D eigenvalue weighted by Gasteiger charge is -2.34. The Morgan fingerprint density at radius 2 is 2.15 bits per heavy atom. The predicted molar refractivity (Wildman–Crippen MR) is 82.6 cm³/mol. The smallest absolute Gasteiger partial charge is 0.238 e. The van der Waals surface area contributed by atoms with Crippen LogP contribution in [0.25, 0.3) is 0 Å². The van der Waals surface area contributed by atoms with Gasteiger partial charge in [0.05, 0.1) is 6.54 Å². The second-order valence-electron chi connectivity index (χ2n) is 5.91. The fourth-order valence-electron chi connectivity index (χ4n) is 2.70. The van der Waals surface area contributed by atoms with Crippen LogP contribution in [0.5, 0.6) is 0 Å². The molecule has 0 spiro atoms. The highest BCUT2D eigenvalue weighted by Crippen LogP contribution is 2.18. The van der Waals surface area contributed by atoms with Gasteiger partial charge < -0.3 is 11.1 Å². The van der Waals surface area contributed by atoms with Crippen molar-refractivity contribution in [3.05, 3.63) is 29.8 Å². The van der Waals surface area contributed by atoms with Crippen molar-refractivity contribution in [1.29, 1.82) is 0 Å². The largest absolute Gasteiger partial charge is 0.328 e. The van der Waals surface area contributed by atoms with E-state index in [-0.39, 0.29) is 11.9 Å². The minimum absolute atomic E-state index is 0.0548. The molecule has 110 valence electrons. The Hall–Kier alpha value is -1.39. The first-order valence-electron chi connectivity index (χ1n) is 7.39. The Labute approximate surface area is 121 Å². The van der Waals surface area contributed by atoms with Crippen molar-refractivity contribution in [2.75, 3.05) is 25.0 Å². The maximum Gasteiger partial charge on any atom is 0.238 e. The molecule has 4 nitrogen and oxygen atoms in total. The number of benzene rings is 1. The third-order valence-corrected chi connectivity index (χ3v) is 3.99. The summed E-state index contributed by atoms with van der Waals surface area (Å²) >= 11 is 0. The monoisotopic (exact) mass is 275 g/mol. The van der Waals surface area contributed by atoms with E-state index in [9.17, 15) is 4.79 Å². The number of hydrogen-bond donors (Lipinski definition) is 2. The highest BCUT2D eigenvalue weighted by molar-refractivity contribution is 5.92. The van der Waals surface area contributed by atoms with Crippen molar-refractivity contribution in [3.63, 3.8) is 0 Å². The number of likely N-dealkylation sites (tertiary alicyclic amines) is 1. The Morgan fingerprint density at radius 1 is 1.45 bits per heavy atom. The molecule has 1 aliphatic rings. The van der Waals surface area contributed by atoms with Gasteiger partial charge in [0.15, 0.2) is 0 Å². The number of amides is 1. The number of rotatable bonds is 4. The van der Waals surface area contributed by atoms with E-state index in [1.54, 1.807) is 0 Å². The number of anilines is 1. The minimum Gasteiger partial charge on any atom is -0.328 e. The standard InChI is InChI=1S/C16H25N3O/c1-12-5-7-15(8-6-12)18-16(20)11-19-9-3-4-14(10-19)13(2)17/h5-8,13-14H,3-4,9-11,17H2,1-2H3,(H,18,20). The summed E-state index contributed by atoms with van der Waals surface area (Å²) in [6, 6.07) is 8.09. The van der Waals surface area contributed by atoms with Gasteiger partial charge in [-0.15, -0.1) is 0 Å². The lowest BCUT2D eigenvalue weighted by atomic mass is 9.92. The summed E-state index contributed by atoms with van der Waals surface area (Å²) in [4.78, 5) is 14.3. The van der Waals surface area contributed by atoms with Crippen molar-refractivity contribution >= 4 is 11.6 Å². The second-order valence-corrected chi connectivity index (χ2v) is 5.91. The first kappa shape index (κ1) is 15.0. The predicted octanol–water partition coefficient (Wildman–Crippen LogP) is 1.99. The Morgan fingerprint density at radius 3 is 2.80 bits per heavy atom. The molecule has 20 heavy (non-hydrogen) atoms. The number of nitrogens with zero attached hydrogens (tertiary/aromatic N) is 1. The molecule has 2 rings (SSSR count). The van der Waals surface area contributed by atoms with Crippen LogP contribution in [0.1, 0.15) is 25.3 Å². The molecule has 0 bridgehead atoms. The van der Waals surface area contributed by atoms with Crippen LogP contribution in [0.4, 0.5) is 5.69 Å². The summed E-state index contributed by atoms with van der Waals surface area (Å²) < 4.78 is 0. The molecule has 0 radical (unpaired) electrons. The van der Waals surface area contributed by atoms with Gasteiger partial charge in [-0.1, -0.05) is 17.7 Å². The number of nitrogens with two attached hydrogens (primary N) is 1. The molecule has 1 heterocycles. The molecule has 1 amide bonds. The Balaban J connectivity index is 1.83. The van der Waals surface area contributed by atoms with Gasteiger partial charge in [-0.2, -0.15) is 0 Å². The zero-order valence-corrected chi connectivity index (χ0v) is 12.4. The van der Waals surface area contributed by atoms with Gasteiger partial charge in [0, 0.05) is 18.3 Å². The number of hydrogen-bond acceptors (Lipinski definition) is 3. The zero-order valence-electron chi connectivity index (χ0n) is 12.4. The molecule has 2 unspecified atom stereocenters. The van der Waals surface area contributed by atoms with Crippen LogP contribution < -0.4 is 11.1 Å². The van der Waals surface area contributed by atoms with Crippen LogP contribution in [-0.4, -0.2) is 36.5 Å². The van der Waals surface area contributed by atoms with E-state index in [2.05, 4.69) is 17.1 Å². The number of carbonyl (C=O) groups is 1. The van der Waals surface area contributed by atoms with Gasteiger partial charge in [-0.05, 0) is 51.3 Å². The summed E-state index contributed by atoms with van der Waals surface area (Å²) in [5.41, 5.74) is 8.03. The van der Waals surface area contributed by atoms with Gasteiger partial charge in [0.25, 0.3) is 0 Å². The quantitative estimate of drug-likeness (QED) is 0.883. The lowest BCUT2D eigenvalue weighted by Crippen LogP contribution is -2.45. The van der Waals surface area contributed by atoms with E-state index in [1.807, 2.05) is 31.2 Å². The van der Waals surface area contributed by atoms with Gasteiger partial charge in [-0.25, -0.2) is 0 Å². The summed E-state index contributed by atoms with van der Waals surface area (Å²) in [6.45, 7) is 6.47. The third-order valence-electron chi connectivity index (χ3n) is 3.99. The Bertz CT molecular complexity index is 442. The number of aryl methyl sites for hydroxylation is 1. The molecule has 0 saturated carbocycles. The van der Waals surface area contributed by atoms with E-state index in [1.165, 1.54) is 12.0 Å². The molecule has 1 saturated heterocycles. The van der Waals surface area contributed by atoms with Crippen LogP contribution in [0.15, 0.2) is 24.3 Å². The average Bonchev–Trinajstić information content (AvgIpc) is 2.41. The second kappa shape index (κ2) is 6.86. The minimum atomic E-state index is 0.0548. The SMILES string of the molecule is Cc1ccc(NC(=O)CN2CCCC(C(C)N)C2)cc1.